The van der Waals surface area contributed by atoms with Crippen LogP contribution in [0.4, 0.5) is 16.2 Å². The summed E-state index contributed by atoms with van der Waals surface area (Å²) in [6.45, 7) is 4.30. The molecule has 0 radical (unpaired) electrons. The van der Waals surface area contributed by atoms with Crippen molar-refractivity contribution in [3.05, 3.63) is 59.6 Å². The molecule has 27 heavy (non-hydrogen) atoms. The Kier molecular flexibility index (Phi) is 6.19. The summed E-state index contributed by atoms with van der Waals surface area (Å²) in [5.74, 6) is -0.0861. The number of nitrogens with zero attached hydrogens (tertiary/aromatic N) is 2. The maximum absolute atomic E-state index is 12.6. The zero-order valence-corrected chi connectivity index (χ0v) is 15.9. The van der Waals surface area contributed by atoms with Gasteiger partial charge < -0.3 is 20.4 Å². The second-order valence-corrected chi connectivity index (χ2v) is 6.86. The van der Waals surface area contributed by atoms with Gasteiger partial charge in [-0.2, -0.15) is 0 Å². The lowest BCUT2D eigenvalue weighted by molar-refractivity contribution is -0.133. The van der Waals surface area contributed by atoms with Gasteiger partial charge in [0.15, 0.2) is 0 Å². The van der Waals surface area contributed by atoms with Gasteiger partial charge in [0.25, 0.3) is 0 Å². The van der Waals surface area contributed by atoms with Crippen LogP contribution in [0.2, 0.25) is 5.02 Å². The molecule has 2 aromatic rings. The second-order valence-electron chi connectivity index (χ2n) is 6.45. The van der Waals surface area contributed by atoms with E-state index in [1.54, 1.807) is 24.0 Å². The van der Waals surface area contributed by atoms with Gasteiger partial charge in [-0.15, -0.1) is 0 Å². The lowest BCUT2D eigenvalue weighted by atomic mass is 10.2. The minimum absolute atomic E-state index is 0.0861. The van der Waals surface area contributed by atoms with Crippen molar-refractivity contribution in [3.8, 4) is 0 Å². The van der Waals surface area contributed by atoms with E-state index < -0.39 is 12.1 Å². The number of benzene rings is 2. The van der Waals surface area contributed by atoms with Gasteiger partial charge in [-0.25, -0.2) is 4.79 Å². The number of carbonyl (C=O) groups is 2. The van der Waals surface area contributed by atoms with Gasteiger partial charge in [0, 0.05) is 31.9 Å². The number of amides is 3. The summed E-state index contributed by atoms with van der Waals surface area (Å²) in [6.07, 6.45) is 0. The van der Waals surface area contributed by atoms with Gasteiger partial charge >= 0.3 is 6.03 Å². The Bertz CT molecular complexity index is 792. The molecule has 3 amide bonds. The highest BCUT2D eigenvalue weighted by atomic mass is 35.5. The van der Waals surface area contributed by atoms with Crippen molar-refractivity contribution in [2.24, 2.45) is 0 Å². The van der Waals surface area contributed by atoms with Gasteiger partial charge in [0.1, 0.15) is 6.04 Å². The fourth-order valence-corrected chi connectivity index (χ4v) is 3.35. The number of hydrogen-bond donors (Lipinski definition) is 2. The Labute approximate surface area is 164 Å². The third-order valence-electron chi connectivity index (χ3n) is 4.53. The summed E-state index contributed by atoms with van der Waals surface area (Å²) in [4.78, 5) is 28.7. The SMILES string of the molecule is CC(NC(=O)Nc1ccccc1)C(=O)N1CCN(c2ccccc2Cl)CC1. The van der Waals surface area contributed by atoms with Crippen LogP contribution in [-0.2, 0) is 4.79 Å². The molecule has 0 bridgehead atoms. The quantitative estimate of drug-likeness (QED) is 0.848. The minimum atomic E-state index is -0.597. The zero-order chi connectivity index (χ0) is 19.2. The fraction of sp³-hybridized carbons (Fsp3) is 0.300. The van der Waals surface area contributed by atoms with E-state index in [0.29, 0.717) is 36.9 Å². The van der Waals surface area contributed by atoms with E-state index in [1.807, 2.05) is 42.5 Å². The molecular weight excluding hydrogens is 364 g/mol. The van der Waals surface area contributed by atoms with E-state index in [0.717, 1.165) is 5.69 Å². The first-order valence-electron chi connectivity index (χ1n) is 8.95. The maximum atomic E-state index is 12.6. The topological polar surface area (TPSA) is 64.7 Å². The van der Waals surface area contributed by atoms with Crippen LogP contribution in [0, 0.1) is 0 Å². The normalized spacial score (nSPS) is 15.2. The molecule has 1 saturated heterocycles. The second kappa shape index (κ2) is 8.77. The number of hydrogen-bond acceptors (Lipinski definition) is 3. The largest absolute Gasteiger partial charge is 0.367 e. The van der Waals surface area contributed by atoms with E-state index >= 15 is 0 Å². The lowest BCUT2D eigenvalue weighted by Gasteiger charge is -2.37. The molecule has 1 fully saturated rings. The molecule has 1 aliphatic heterocycles. The molecule has 1 atom stereocenters. The standard InChI is InChI=1S/C20H23ClN4O2/c1-15(22-20(27)23-16-7-3-2-4-8-16)19(26)25-13-11-24(12-14-25)18-10-6-5-9-17(18)21/h2-10,15H,11-14H2,1H3,(H2,22,23,27). The third kappa shape index (κ3) is 4.92. The minimum Gasteiger partial charge on any atom is -0.367 e. The molecule has 2 N–H and O–H groups in total. The van der Waals surface area contributed by atoms with Crippen molar-refractivity contribution in [2.45, 2.75) is 13.0 Å². The number of halogens is 1. The van der Waals surface area contributed by atoms with Crippen molar-refractivity contribution in [1.29, 1.82) is 0 Å². The molecular formula is C20H23ClN4O2. The maximum Gasteiger partial charge on any atom is 0.319 e. The van der Waals surface area contributed by atoms with E-state index in [-0.39, 0.29) is 5.91 Å². The number of anilines is 2. The Morgan fingerprint density at radius 2 is 1.59 bits per heavy atom. The number of para-hydroxylation sites is 2. The molecule has 3 rings (SSSR count). The number of urea groups is 1. The summed E-state index contributed by atoms with van der Waals surface area (Å²) < 4.78 is 0. The number of rotatable bonds is 4. The van der Waals surface area contributed by atoms with E-state index in [4.69, 9.17) is 11.6 Å². The van der Waals surface area contributed by atoms with Crippen LogP contribution in [0.5, 0.6) is 0 Å². The fourth-order valence-electron chi connectivity index (χ4n) is 3.10. The molecule has 0 aliphatic carbocycles. The lowest BCUT2D eigenvalue weighted by Crippen LogP contribution is -2.54. The van der Waals surface area contributed by atoms with E-state index in [1.165, 1.54) is 0 Å². The highest BCUT2D eigenvalue weighted by Crippen LogP contribution is 2.26. The highest BCUT2D eigenvalue weighted by molar-refractivity contribution is 6.33. The Morgan fingerprint density at radius 1 is 0.963 bits per heavy atom. The van der Waals surface area contributed by atoms with Gasteiger partial charge in [-0.05, 0) is 31.2 Å². The Balaban J connectivity index is 1.50. The summed E-state index contributed by atoms with van der Waals surface area (Å²) in [5, 5.41) is 6.14. The number of carbonyl (C=O) groups excluding carboxylic acids is 2. The molecule has 1 unspecified atom stereocenters. The van der Waals surface area contributed by atoms with Crippen LogP contribution in [0.15, 0.2) is 54.6 Å². The third-order valence-corrected chi connectivity index (χ3v) is 4.85. The summed E-state index contributed by atoms with van der Waals surface area (Å²) >= 11 is 6.25. The van der Waals surface area contributed by atoms with Gasteiger partial charge in [0.2, 0.25) is 5.91 Å². The van der Waals surface area contributed by atoms with Gasteiger partial charge in [0.05, 0.1) is 10.7 Å². The van der Waals surface area contributed by atoms with Crippen LogP contribution in [0.3, 0.4) is 0 Å². The van der Waals surface area contributed by atoms with Crippen LogP contribution >= 0.6 is 11.6 Å². The van der Waals surface area contributed by atoms with Crippen molar-refractivity contribution < 1.29 is 9.59 Å². The number of piperazine rings is 1. The Morgan fingerprint density at radius 3 is 2.26 bits per heavy atom. The van der Waals surface area contributed by atoms with Crippen LogP contribution in [-0.4, -0.2) is 49.1 Å². The van der Waals surface area contributed by atoms with Crippen molar-refractivity contribution >= 4 is 34.9 Å². The molecule has 1 heterocycles. The molecule has 6 nitrogen and oxygen atoms in total. The predicted molar refractivity (Wildman–Crippen MR) is 108 cm³/mol. The average Bonchev–Trinajstić information content (AvgIpc) is 2.68. The van der Waals surface area contributed by atoms with Crippen LogP contribution in [0.25, 0.3) is 0 Å². The van der Waals surface area contributed by atoms with Gasteiger partial charge in [-0.3, -0.25) is 4.79 Å². The summed E-state index contributed by atoms with van der Waals surface area (Å²) in [6, 6.07) is 15.8. The molecule has 1 aliphatic rings. The zero-order valence-electron chi connectivity index (χ0n) is 15.2. The molecule has 0 aromatic heterocycles. The monoisotopic (exact) mass is 386 g/mol. The molecule has 7 heteroatoms. The molecule has 0 spiro atoms. The Hall–Kier alpha value is -2.73. The average molecular weight is 387 g/mol. The number of nitrogens with one attached hydrogen (secondary N) is 2. The molecule has 2 aromatic carbocycles. The van der Waals surface area contributed by atoms with Crippen LogP contribution < -0.4 is 15.5 Å². The smallest absolute Gasteiger partial charge is 0.319 e. The first-order valence-corrected chi connectivity index (χ1v) is 9.33. The van der Waals surface area contributed by atoms with Crippen molar-refractivity contribution in [3.63, 3.8) is 0 Å². The molecule has 142 valence electrons. The summed E-state index contributed by atoms with van der Waals surface area (Å²) in [7, 11) is 0. The van der Waals surface area contributed by atoms with E-state index in [9.17, 15) is 9.59 Å². The molecule has 0 saturated carbocycles. The van der Waals surface area contributed by atoms with E-state index in [2.05, 4.69) is 15.5 Å². The first kappa shape index (κ1) is 19.0. The van der Waals surface area contributed by atoms with Gasteiger partial charge in [-0.1, -0.05) is 41.9 Å². The summed E-state index contributed by atoms with van der Waals surface area (Å²) in [5.41, 5.74) is 1.67. The highest BCUT2D eigenvalue weighted by Gasteiger charge is 2.26. The van der Waals surface area contributed by atoms with Crippen LogP contribution in [0.1, 0.15) is 6.92 Å². The van der Waals surface area contributed by atoms with Crippen molar-refractivity contribution in [2.75, 3.05) is 36.4 Å². The predicted octanol–water partition coefficient (Wildman–Crippen LogP) is 3.20. The van der Waals surface area contributed by atoms with Crippen molar-refractivity contribution in [1.82, 2.24) is 10.2 Å². The first-order chi connectivity index (χ1) is 13.0.